The third-order valence-corrected chi connectivity index (χ3v) is 6.05. The normalized spacial score (nSPS) is 19.4. The molecule has 1 aliphatic heterocycles. The van der Waals surface area contributed by atoms with Gasteiger partial charge in [-0.05, 0) is 49.4 Å². The van der Waals surface area contributed by atoms with Gasteiger partial charge in [-0.25, -0.2) is 9.78 Å². The maximum absolute atomic E-state index is 12.5. The molecule has 1 saturated heterocycles. The van der Waals surface area contributed by atoms with Crippen molar-refractivity contribution in [2.24, 2.45) is 11.8 Å². The first kappa shape index (κ1) is 20.3. The van der Waals surface area contributed by atoms with E-state index >= 15 is 0 Å². The number of carbonyl (C=O) groups is 2. The van der Waals surface area contributed by atoms with Gasteiger partial charge in [-0.3, -0.25) is 4.79 Å². The molecular formula is C21H26N2O4S. The highest BCUT2D eigenvalue weighted by atomic mass is 32.1. The lowest BCUT2D eigenvalue weighted by molar-refractivity contribution is -0.137. The minimum absolute atomic E-state index is 0.135. The van der Waals surface area contributed by atoms with E-state index in [2.05, 4.69) is 18.8 Å². The molecule has 0 aliphatic carbocycles. The maximum Gasteiger partial charge on any atom is 0.350 e. The zero-order chi connectivity index (χ0) is 20.3. The van der Waals surface area contributed by atoms with Gasteiger partial charge in [0.25, 0.3) is 5.91 Å². The first-order valence-electron chi connectivity index (χ1n) is 9.44. The van der Waals surface area contributed by atoms with E-state index in [0.29, 0.717) is 22.4 Å². The Kier molecular flexibility index (Phi) is 6.34. The Labute approximate surface area is 169 Å². The van der Waals surface area contributed by atoms with Crippen molar-refractivity contribution in [3.63, 3.8) is 0 Å². The Morgan fingerprint density at radius 1 is 1.18 bits per heavy atom. The van der Waals surface area contributed by atoms with Crippen LogP contribution in [0.5, 0.6) is 5.75 Å². The van der Waals surface area contributed by atoms with E-state index in [1.807, 2.05) is 24.3 Å². The molecule has 3 rings (SSSR count). The quantitative estimate of drug-likeness (QED) is 0.712. The third kappa shape index (κ3) is 4.70. The fourth-order valence-corrected chi connectivity index (χ4v) is 4.56. The van der Waals surface area contributed by atoms with Crippen LogP contribution < -0.4 is 4.74 Å². The lowest BCUT2D eigenvalue weighted by atomic mass is 9.92. The second kappa shape index (κ2) is 8.73. The Bertz CT molecular complexity index is 837. The highest BCUT2D eigenvalue weighted by Gasteiger charge is 2.26. The van der Waals surface area contributed by atoms with Crippen LogP contribution in [0.25, 0.3) is 10.6 Å². The summed E-state index contributed by atoms with van der Waals surface area (Å²) in [4.78, 5) is 31.6. The molecule has 7 heteroatoms. The maximum atomic E-state index is 12.5. The Balaban J connectivity index is 1.63. The summed E-state index contributed by atoms with van der Waals surface area (Å²) < 4.78 is 10.5. The van der Waals surface area contributed by atoms with E-state index in [1.54, 1.807) is 18.9 Å². The van der Waals surface area contributed by atoms with Gasteiger partial charge < -0.3 is 14.4 Å². The smallest absolute Gasteiger partial charge is 0.350 e. The van der Waals surface area contributed by atoms with Gasteiger partial charge in [0.1, 0.15) is 15.6 Å². The zero-order valence-corrected chi connectivity index (χ0v) is 17.5. The molecule has 1 aliphatic rings. The standard InChI is InChI=1S/C21H26N2O4S/c1-13-9-14(2)11-23(10-13)18(24)12-27-21(25)19-15(3)22-20(28-19)16-5-7-17(26-4)8-6-16/h5-8,13-14H,9-12H2,1-4H3/t13-,14-/m1/s1. The number of aromatic nitrogens is 1. The van der Waals surface area contributed by atoms with E-state index in [0.717, 1.165) is 35.8 Å². The van der Waals surface area contributed by atoms with Crippen LogP contribution in [0.1, 0.15) is 35.6 Å². The van der Waals surface area contributed by atoms with Crippen LogP contribution in [0, 0.1) is 18.8 Å². The van der Waals surface area contributed by atoms with Crippen LogP contribution in [0.3, 0.4) is 0 Å². The van der Waals surface area contributed by atoms with Gasteiger partial charge >= 0.3 is 5.97 Å². The van der Waals surface area contributed by atoms with Crippen LogP contribution in [0.4, 0.5) is 0 Å². The van der Waals surface area contributed by atoms with Crippen LogP contribution in [-0.2, 0) is 9.53 Å². The molecule has 6 nitrogen and oxygen atoms in total. The SMILES string of the molecule is COc1ccc(-c2nc(C)c(C(=O)OCC(=O)N3C[C@H](C)C[C@@H](C)C3)s2)cc1. The molecule has 0 N–H and O–H groups in total. The highest BCUT2D eigenvalue weighted by molar-refractivity contribution is 7.17. The molecule has 2 aromatic rings. The summed E-state index contributed by atoms with van der Waals surface area (Å²) in [5.74, 6) is 1.07. The second-order valence-electron chi connectivity index (χ2n) is 7.48. The van der Waals surface area contributed by atoms with Gasteiger partial charge in [-0.15, -0.1) is 11.3 Å². The molecule has 2 heterocycles. The molecule has 0 spiro atoms. The molecule has 1 fully saturated rings. The summed E-state index contributed by atoms with van der Waals surface area (Å²) in [6.45, 7) is 7.28. The fraction of sp³-hybridized carbons (Fsp3) is 0.476. The number of nitrogens with zero attached hydrogens (tertiary/aromatic N) is 2. The van der Waals surface area contributed by atoms with E-state index in [1.165, 1.54) is 11.3 Å². The molecule has 0 radical (unpaired) electrons. The first-order chi connectivity index (χ1) is 13.4. The van der Waals surface area contributed by atoms with Gasteiger partial charge in [-0.2, -0.15) is 0 Å². The minimum Gasteiger partial charge on any atom is -0.497 e. The van der Waals surface area contributed by atoms with E-state index in [4.69, 9.17) is 9.47 Å². The third-order valence-electron chi connectivity index (χ3n) is 4.87. The number of methoxy groups -OCH3 is 1. The number of hydrogen-bond acceptors (Lipinski definition) is 6. The topological polar surface area (TPSA) is 68.7 Å². The minimum atomic E-state index is -0.499. The van der Waals surface area contributed by atoms with Crippen molar-refractivity contribution in [2.45, 2.75) is 27.2 Å². The molecule has 150 valence electrons. The van der Waals surface area contributed by atoms with Crippen molar-refractivity contribution in [2.75, 3.05) is 26.8 Å². The summed E-state index contributed by atoms with van der Waals surface area (Å²) in [6, 6.07) is 7.50. The van der Waals surface area contributed by atoms with E-state index < -0.39 is 5.97 Å². The van der Waals surface area contributed by atoms with Gasteiger partial charge in [-0.1, -0.05) is 13.8 Å². The van der Waals surface area contributed by atoms with E-state index in [9.17, 15) is 9.59 Å². The number of benzene rings is 1. The van der Waals surface area contributed by atoms with E-state index in [-0.39, 0.29) is 12.5 Å². The van der Waals surface area contributed by atoms with Crippen molar-refractivity contribution >= 4 is 23.2 Å². The summed E-state index contributed by atoms with van der Waals surface area (Å²) in [7, 11) is 1.61. The molecule has 0 saturated carbocycles. The predicted molar refractivity (Wildman–Crippen MR) is 109 cm³/mol. The Hall–Kier alpha value is -2.41. The van der Waals surface area contributed by atoms with Crippen LogP contribution >= 0.6 is 11.3 Å². The average molecular weight is 403 g/mol. The number of thiazole rings is 1. The lowest BCUT2D eigenvalue weighted by Crippen LogP contribution is -2.44. The van der Waals surface area contributed by atoms with Crippen molar-refractivity contribution in [1.29, 1.82) is 0 Å². The number of esters is 1. The van der Waals surface area contributed by atoms with Gasteiger partial charge in [0.05, 0.1) is 12.8 Å². The molecule has 0 bridgehead atoms. The monoisotopic (exact) mass is 402 g/mol. The molecule has 28 heavy (non-hydrogen) atoms. The molecule has 0 unspecified atom stereocenters. The number of hydrogen-bond donors (Lipinski definition) is 0. The fourth-order valence-electron chi connectivity index (χ4n) is 3.59. The Morgan fingerprint density at radius 3 is 2.43 bits per heavy atom. The lowest BCUT2D eigenvalue weighted by Gasteiger charge is -2.34. The largest absolute Gasteiger partial charge is 0.497 e. The molecule has 1 amide bonds. The van der Waals surface area contributed by atoms with Crippen LogP contribution in [0.2, 0.25) is 0 Å². The number of amides is 1. The summed E-state index contributed by atoms with van der Waals surface area (Å²) >= 11 is 1.27. The summed E-state index contributed by atoms with van der Waals surface area (Å²) in [5.41, 5.74) is 1.51. The predicted octanol–water partition coefficient (Wildman–Crippen LogP) is 3.79. The first-order valence-corrected chi connectivity index (χ1v) is 10.3. The van der Waals surface area contributed by atoms with Crippen molar-refractivity contribution < 1.29 is 19.1 Å². The molecule has 1 aromatic carbocycles. The number of likely N-dealkylation sites (tertiary alicyclic amines) is 1. The number of carbonyl (C=O) groups excluding carboxylic acids is 2. The second-order valence-corrected chi connectivity index (χ2v) is 8.48. The van der Waals surface area contributed by atoms with Gasteiger partial charge in [0, 0.05) is 18.7 Å². The molecular weight excluding hydrogens is 376 g/mol. The number of ether oxygens (including phenoxy) is 2. The molecule has 2 atom stereocenters. The average Bonchev–Trinajstić information content (AvgIpc) is 3.07. The van der Waals surface area contributed by atoms with Crippen molar-refractivity contribution in [3.05, 3.63) is 34.8 Å². The highest BCUT2D eigenvalue weighted by Crippen LogP contribution is 2.29. The van der Waals surface area contributed by atoms with Crippen LogP contribution in [-0.4, -0.2) is 48.6 Å². The number of rotatable bonds is 5. The van der Waals surface area contributed by atoms with Crippen LogP contribution in [0.15, 0.2) is 24.3 Å². The Morgan fingerprint density at radius 2 is 1.82 bits per heavy atom. The van der Waals surface area contributed by atoms with Gasteiger partial charge in [0.15, 0.2) is 6.61 Å². The van der Waals surface area contributed by atoms with Crippen molar-refractivity contribution in [1.82, 2.24) is 9.88 Å². The van der Waals surface area contributed by atoms with Crippen molar-refractivity contribution in [3.8, 4) is 16.3 Å². The number of aryl methyl sites for hydroxylation is 1. The number of piperidine rings is 1. The summed E-state index contributed by atoms with van der Waals surface area (Å²) in [5, 5.41) is 0.733. The van der Waals surface area contributed by atoms with Gasteiger partial charge in [0.2, 0.25) is 0 Å². The zero-order valence-electron chi connectivity index (χ0n) is 16.7. The molecule has 1 aromatic heterocycles. The summed E-state index contributed by atoms with van der Waals surface area (Å²) in [6.07, 6.45) is 1.12.